The maximum Gasteiger partial charge on any atom is 0.274 e. The van der Waals surface area contributed by atoms with Gasteiger partial charge in [0.1, 0.15) is 0 Å². The molecule has 1 amide bonds. The fourth-order valence-corrected chi connectivity index (χ4v) is 3.23. The highest BCUT2D eigenvalue weighted by molar-refractivity contribution is 5.92. The topological polar surface area (TPSA) is 58.4 Å². The van der Waals surface area contributed by atoms with Crippen LogP contribution >= 0.6 is 0 Å². The molecule has 1 aliphatic rings. The molecular formula is C17H29N3O2. The average Bonchev–Trinajstić information content (AvgIpc) is 2.89. The number of carbonyl (C=O) groups excluding carboxylic acids is 1. The fraction of sp³-hybridized carbons (Fsp3) is 0.765. The van der Waals surface area contributed by atoms with Crippen LogP contribution in [0.25, 0.3) is 0 Å². The summed E-state index contributed by atoms with van der Waals surface area (Å²) in [4.78, 5) is 14.5. The Balaban J connectivity index is 2.11. The largest absolute Gasteiger partial charge is 0.396 e. The van der Waals surface area contributed by atoms with Gasteiger partial charge in [0, 0.05) is 25.4 Å². The van der Waals surface area contributed by atoms with E-state index in [2.05, 4.69) is 32.8 Å². The molecule has 0 bridgehead atoms. The molecule has 5 heteroatoms. The van der Waals surface area contributed by atoms with E-state index in [1.807, 2.05) is 22.6 Å². The zero-order chi connectivity index (χ0) is 16.5. The minimum atomic E-state index is -0.126. The molecule has 124 valence electrons. The summed E-state index contributed by atoms with van der Waals surface area (Å²) in [5.41, 5.74) is 1.41. The lowest BCUT2D eigenvalue weighted by molar-refractivity contribution is 0.0334. The van der Waals surface area contributed by atoms with E-state index in [4.69, 9.17) is 0 Å². The maximum absolute atomic E-state index is 12.7. The SMILES string of the molecule is CCC1(CO)CCN(C(=O)c2cc(C)n(C(C)(C)C)n2)CC1. The summed E-state index contributed by atoms with van der Waals surface area (Å²) >= 11 is 0. The molecule has 0 aliphatic carbocycles. The van der Waals surface area contributed by atoms with E-state index in [1.165, 1.54) is 0 Å². The molecule has 5 nitrogen and oxygen atoms in total. The normalized spacial score (nSPS) is 18.5. The molecule has 0 atom stereocenters. The molecule has 1 N–H and O–H groups in total. The van der Waals surface area contributed by atoms with Gasteiger partial charge in [0.15, 0.2) is 5.69 Å². The highest BCUT2D eigenvalue weighted by Crippen LogP contribution is 2.34. The van der Waals surface area contributed by atoms with Gasteiger partial charge in [-0.05, 0) is 58.4 Å². The van der Waals surface area contributed by atoms with Crippen molar-refractivity contribution >= 4 is 5.91 Å². The number of likely N-dealkylation sites (tertiary alicyclic amines) is 1. The molecule has 0 saturated carbocycles. The summed E-state index contributed by atoms with van der Waals surface area (Å²) in [6, 6.07) is 1.88. The van der Waals surface area contributed by atoms with Crippen LogP contribution in [0.3, 0.4) is 0 Å². The molecule has 1 saturated heterocycles. The van der Waals surface area contributed by atoms with Crippen LogP contribution in [0.4, 0.5) is 0 Å². The molecule has 2 heterocycles. The molecule has 0 spiro atoms. The van der Waals surface area contributed by atoms with Crippen LogP contribution in [0, 0.1) is 12.3 Å². The number of hydrogen-bond acceptors (Lipinski definition) is 3. The molecule has 1 fully saturated rings. The zero-order valence-electron chi connectivity index (χ0n) is 14.5. The van der Waals surface area contributed by atoms with Crippen molar-refractivity contribution in [3.05, 3.63) is 17.5 Å². The summed E-state index contributed by atoms with van der Waals surface area (Å²) in [6.45, 7) is 12.0. The number of aliphatic hydroxyl groups excluding tert-OH is 1. The lowest BCUT2D eigenvalue weighted by atomic mass is 9.77. The smallest absolute Gasteiger partial charge is 0.274 e. The number of carbonyl (C=O) groups is 1. The number of piperidine rings is 1. The van der Waals surface area contributed by atoms with Gasteiger partial charge in [-0.25, -0.2) is 0 Å². The minimum Gasteiger partial charge on any atom is -0.396 e. The van der Waals surface area contributed by atoms with Crippen molar-refractivity contribution in [1.29, 1.82) is 0 Å². The number of aromatic nitrogens is 2. The molecule has 0 aromatic carbocycles. The number of rotatable bonds is 3. The molecule has 0 unspecified atom stereocenters. The van der Waals surface area contributed by atoms with Crippen LogP contribution < -0.4 is 0 Å². The van der Waals surface area contributed by atoms with Crippen LogP contribution in [-0.2, 0) is 5.54 Å². The van der Waals surface area contributed by atoms with E-state index in [0.717, 1.165) is 25.0 Å². The van der Waals surface area contributed by atoms with Gasteiger partial charge < -0.3 is 10.0 Å². The highest BCUT2D eigenvalue weighted by Gasteiger charge is 2.35. The van der Waals surface area contributed by atoms with Crippen LogP contribution in [0.1, 0.15) is 63.1 Å². The Hall–Kier alpha value is -1.36. The number of nitrogens with zero attached hydrogens (tertiary/aromatic N) is 3. The van der Waals surface area contributed by atoms with Gasteiger partial charge in [-0.15, -0.1) is 0 Å². The van der Waals surface area contributed by atoms with Crippen molar-refractivity contribution in [2.24, 2.45) is 5.41 Å². The molecule has 2 rings (SSSR count). The third-order valence-corrected chi connectivity index (χ3v) is 4.94. The Bertz CT molecular complexity index is 529. The quantitative estimate of drug-likeness (QED) is 0.933. The van der Waals surface area contributed by atoms with Crippen molar-refractivity contribution < 1.29 is 9.90 Å². The first-order valence-electron chi connectivity index (χ1n) is 8.20. The van der Waals surface area contributed by atoms with Gasteiger partial charge in [-0.3, -0.25) is 9.48 Å². The van der Waals surface area contributed by atoms with E-state index < -0.39 is 0 Å². The van der Waals surface area contributed by atoms with Crippen molar-refractivity contribution in [3.63, 3.8) is 0 Å². The number of hydrogen-bond donors (Lipinski definition) is 1. The van der Waals surface area contributed by atoms with E-state index in [0.29, 0.717) is 18.8 Å². The van der Waals surface area contributed by atoms with Gasteiger partial charge in [0.05, 0.1) is 5.54 Å². The first-order chi connectivity index (χ1) is 10.2. The molecule has 1 aromatic rings. The molecular weight excluding hydrogens is 278 g/mol. The fourth-order valence-electron chi connectivity index (χ4n) is 3.23. The lowest BCUT2D eigenvalue weighted by Gasteiger charge is -2.40. The number of aryl methyl sites for hydroxylation is 1. The Morgan fingerprint density at radius 1 is 1.36 bits per heavy atom. The van der Waals surface area contributed by atoms with E-state index in [9.17, 15) is 9.90 Å². The predicted octanol–water partition coefficient (Wildman–Crippen LogP) is 2.57. The second-order valence-electron chi connectivity index (χ2n) is 7.56. The van der Waals surface area contributed by atoms with Gasteiger partial charge in [0.2, 0.25) is 0 Å². The standard InChI is InChI=1S/C17H29N3O2/c1-6-17(12-21)7-9-19(10-8-17)15(22)14-11-13(2)20(18-14)16(3,4)5/h11,21H,6-10,12H2,1-5H3. The molecule has 0 radical (unpaired) electrons. The Morgan fingerprint density at radius 2 is 1.95 bits per heavy atom. The summed E-state index contributed by atoms with van der Waals surface area (Å²) in [7, 11) is 0. The number of amides is 1. The van der Waals surface area contributed by atoms with Crippen molar-refractivity contribution in [2.75, 3.05) is 19.7 Å². The van der Waals surface area contributed by atoms with Crippen LogP contribution in [0.2, 0.25) is 0 Å². The Morgan fingerprint density at radius 3 is 2.36 bits per heavy atom. The highest BCUT2D eigenvalue weighted by atomic mass is 16.3. The van der Waals surface area contributed by atoms with Crippen molar-refractivity contribution in [1.82, 2.24) is 14.7 Å². The third-order valence-electron chi connectivity index (χ3n) is 4.94. The van der Waals surface area contributed by atoms with Crippen molar-refractivity contribution in [2.45, 2.75) is 59.4 Å². The Labute approximate surface area is 133 Å². The molecule has 1 aromatic heterocycles. The lowest BCUT2D eigenvalue weighted by Crippen LogP contribution is -2.44. The van der Waals surface area contributed by atoms with Gasteiger partial charge >= 0.3 is 0 Å². The second kappa shape index (κ2) is 6.03. The zero-order valence-corrected chi connectivity index (χ0v) is 14.5. The van der Waals surface area contributed by atoms with Gasteiger partial charge in [-0.1, -0.05) is 6.92 Å². The van der Waals surface area contributed by atoms with Crippen LogP contribution in [0.15, 0.2) is 6.07 Å². The van der Waals surface area contributed by atoms with Crippen molar-refractivity contribution in [3.8, 4) is 0 Å². The monoisotopic (exact) mass is 307 g/mol. The summed E-state index contributed by atoms with van der Waals surface area (Å²) < 4.78 is 1.91. The minimum absolute atomic E-state index is 0.00251. The summed E-state index contributed by atoms with van der Waals surface area (Å²) in [6.07, 6.45) is 2.69. The average molecular weight is 307 g/mol. The summed E-state index contributed by atoms with van der Waals surface area (Å²) in [5.74, 6) is 0.00810. The first kappa shape index (κ1) is 17.0. The van der Waals surface area contributed by atoms with E-state index in [-0.39, 0.29) is 23.5 Å². The molecule has 22 heavy (non-hydrogen) atoms. The van der Waals surface area contributed by atoms with Crippen LogP contribution in [-0.4, -0.2) is 45.4 Å². The maximum atomic E-state index is 12.7. The van der Waals surface area contributed by atoms with E-state index in [1.54, 1.807) is 0 Å². The van der Waals surface area contributed by atoms with Gasteiger partial charge in [0.25, 0.3) is 5.91 Å². The predicted molar refractivity (Wildman–Crippen MR) is 86.9 cm³/mol. The first-order valence-corrected chi connectivity index (χ1v) is 8.20. The molecule has 1 aliphatic heterocycles. The van der Waals surface area contributed by atoms with Crippen LogP contribution in [0.5, 0.6) is 0 Å². The summed E-state index contributed by atoms with van der Waals surface area (Å²) in [5, 5.41) is 14.1. The second-order valence-corrected chi connectivity index (χ2v) is 7.56. The Kier molecular flexibility index (Phi) is 4.66. The van der Waals surface area contributed by atoms with E-state index >= 15 is 0 Å². The number of aliphatic hydroxyl groups is 1. The van der Waals surface area contributed by atoms with Gasteiger partial charge in [-0.2, -0.15) is 5.10 Å². The third kappa shape index (κ3) is 3.19.